The molecule has 3 heteroatoms. The normalized spacial score (nSPS) is 19.6. The van der Waals surface area contributed by atoms with Crippen LogP contribution in [-0.4, -0.2) is 19.3 Å². The Morgan fingerprint density at radius 1 is 1.38 bits per heavy atom. The SMILES string of the molecule is C[C@H](NC1CCOCC1)c1cccc(Cl)c1. The molecule has 1 aliphatic heterocycles. The van der Waals surface area contributed by atoms with Crippen LogP contribution < -0.4 is 5.32 Å². The lowest BCUT2D eigenvalue weighted by Crippen LogP contribution is -2.36. The van der Waals surface area contributed by atoms with Crippen molar-refractivity contribution in [3.63, 3.8) is 0 Å². The van der Waals surface area contributed by atoms with E-state index in [9.17, 15) is 0 Å². The fourth-order valence-corrected chi connectivity index (χ4v) is 2.29. The van der Waals surface area contributed by atoms with Crippen molar-refractivity contribution in [2.24, 2.45) is 0 Å². The van der Waals surface area contributed by atoms with E-state index in [1.807, 2.05) is 18.2 Å². The molecule has 1 saturated heterocycles. The van der Waals surface area contributed by atoms with E-state index >= 15 is 0 Å². The molecule has 1 aliphatic rings. The van der Waals surface area contributed by atoms with Gasteiger partial charge in [0.05, 0.1) is 0 Å². The molecule has 0 spiro atoms. The number of hydrogen-bond acceptors (Lipinski definition) is 2. The van der Waals surface area contributed by atoms with Crippen LogP contribution in [0.1, 0.15) is 31.4 Å². The molecule has 0 unspecified atom stereocenters. The fourth-order valence-electron chi connectivity index (χ4n) is 2.09. The van der Waals surface area contributed by atoms with E-state index in [-0.39, 0.29) is 0 Å². The number of halogens is 1. The van der Waals surface area contributed by atoms with Crippen LogP contribution in [0.25, 0.3) is 0 Å². The van der Waals surface area contributed by atoms with Gasteiger partial charge in [-0.05, 0) is 37.5 Å². The molecule has 1 aromatic rings. The number of benzene rings is 1. The van der Waals surface area contributed by atoms with Crippen LogP contribution >= 0.6 is 11.6 Å². The first-order valence-electron chi connectivity index (χ1n) is 5.85. The van der Waals surface area contributed by atoms with Crippen molar-refractivity contribution in [2.45, 2.75) is 31.8 Å². The van der Waals surface area contributed by atoms with E-state index in [0.717, 1.165) is 31.1 Å². The highest BCUT2D eigenvalue weighted by atomic mass is 35.5. The molecule has 0 bridgehead atoms. The van der Waals surface area contributed by atoms with Crippen molar-refractivity contribution in [1.29, 1.82) is 0 Å². The summed E-state index contributed by atoms with van der Waals surface area (Å²) in [6.45, 7) is 3.93. The standard InChI is InChI=1S/C13H18ClNO/c1-10(11-3-2-4-12(14)9-11)15-13-5-7-16-8-6-13/h2-4,9-10,13,15H,5-8H2,1H3/t10-/m0/s1. The molecule has 2 nitrogen and oxygen atoms in total. The van der Waals surface area contributed by atoms with Gasteiger partial charge in [-0.15, -0.1) is 0 Å². The van der Waals surface area contributed by atoms with E-state index in [0.29, 0.717) is 12.1 Å². The summed E-state index contributed by atoms with van der Waals surface area (Å²) in [6.07, 6.45) is 2.20. The Kier molecular flexibility index (Phi) is 4.22. The fraction of sp³-hybridized carbons (Fsp3) is 0.538. The third kappa shape index (κ3) is 3.21. The van der Waals surface area contributed by atoms with E-state index in [1.165, 1.54) is 5.56 Å². The van der Waals surface area contributed by atoms with Crippen molar-refractivity contribution < 1.29 is 4.74 Å². The molecule has 0 aliphatic carbocycles. The highest BCUT2D eigenvalue weighted by Crippen LogP contribution is 2.19. The first kappa shape index (κ1) is 11.9. The molecule has 2 rings (SSSR count). The lowest BCUT2D eigenvalue weighted by Gasteiger charge is -2.27. The van der Waals surface area contributed by atoms with Crippen LogP contribution in [0, 0.1) is 0 Å². The summed E-state index contributed by atoms with van der Waals surface area (Å²) in [5.74, 6) is 0. The molecule has 1 heterocycles. The second-order valence-electron chi connectivity index (χ2n) is 4.33. The highest BCUT2D eigenvalue weighted by Gasteiger charge is 2.16. The average Bonchev–Trinajstić information content (AvgIpc) is 2.30. The predicted octanol–water partition coefficient (Wildman–Crippen LogP) is 3.17. The minimum atomic E-state index is 0.349. The zero-order valence-electron chi connectivity index (χ0n) is 9.58. The van der Waals surface area contributed by atoms with Gasteiger partial charge in [0.25, 0.3) is 0 Å². The van der Waals surface area contributed by atoms with Crippen LogP contribution in [0.15, 0.2) is 24.3 Å². The third-order valence-electron chi connectivity index (χ3n) is 3.06. The first-order chi connectivity index (χ1) is 7.75. The Hall–Kier alpha value is -0.570. The monoisotopic (exact) mass is 239 g/mol. The molecule has 88 valence electrons. The molecule has 0 saturated carbocycles. The van der Waals surface area contributed by atoms with Gasteiger partial charge in [0.15, 0.2) is 0 Å². The Morgan fingerprint density at radius 3 is 2.81 bits per heavy atom. The van der Waals surface area contributed by atoms with E-state index in [2.05, 4.69) is 18.3 Å². The smallest absolute Gasteiger partial charge is 0.0480 e. The average molecular weight is 240 g/mol. The maximum absolute atomic E-state index is 5.98. The Bertz CT molecular complexity index is 336. The topological polar surface area (TPSA) is 21.3 Å². The summed E-state index contributed by atoms with van der Waals surface area (Å²) in [5, 5.41) is 4.43. The Balaban J connectivity index is 1.94. The first-order valence-corrected chi connectivity index (χ1v) is 6.23. The molecule has 1 fully saturated rings. The molecule has 1 aromatic carbocycles. The van der Waals surface area contributed by atoms with Gasteiger partial charge in [0.1, 0.15) is 0 Å². The second kappa shape index (κ2) is 5.67. The number of ether oxygens (including phenoxy) is 1. The minimum Gasteiger partial charge on any atom is -0.381 e. The van der Waals surface area contributed by atoms with Crippen LogP contribution in [0.4, 0.5) is 0 Å². The summed E-state index contributed by atoms with van der Waals surface area (Å²) in [5.41, 5.74) is 1.25. The van der Waals surface area contributed by atoms with Crippen LogP contribution in [0.2, 0.25) is 5.02 Å². The zero-order valence-corrected chi connectivity index (χ0v) is 10.3. The van der Waals surface area contributed by atoms with Crippen molar-refractivity contribution in [3.8, 4) is 0 Å². The highest BCUT2D eigenvalue weighted by molar-refractivity contribution is 6.30. The predicted molar refractivity (Wildman–Crippen MR) is 66.8 cm³/mol. The van der Waals surface area contributed by atoms with Crippen molar-refractivity contribution >= 4 is 11.6 Å². The molecule has 1 N–H and O–H groups in total. The quantitative estimate of drug-likeness (QED) is 0.875. The second-order valence-corrected chi connectivity index (χ2v) is 4.77. The lowest BCUT2D eigenvalue weighted by molar-refractivity contribution is 0.0754. The number of hydrogen-bond donors (Lipinski definition) is 1. The molecule has 16 heavy (non-hydrogen) atoms. The van der Waals surface area contributed by atoms with Crippen molar-refractivity contribution in [2.75, 3.05) is 13.2 Å². The largest absolute Gasteiger partial charge is 0.381 e. The maximum Gasteiger partial charge on any atom is 0.0480 e. The summed E-state index contributed by atoms with van der Waals surface area (Å²) in [6, 6.07) is 8.97. The van der Waals surface area contributed by atoms with Gasteiger partial charge in [0.2, 0.25) is 0 Å². The summed E-state index contributed by atoms with van der Waals surface area (Å²) < 4.78 is 5.34. The molecule has 0 aromatic heterocycles. The van der Waals surface area contributed by atoms with Gasteiger partial charge in [0, 0.05) is 30.3 Å². The van der Waals surface area contributed by atoms with E-state index < -0.39 is 0 Å². The minimum absolute atomic E-state index is 0.349. The Labute approximate surface area is 102 Å². The van der Waals surface area contributed by atoms with Crippen molar-refractivity contribution in [3.05, 3.63) is 34.9 Å². The van der Waals surface area contributed by atoms with E-state index in [4.69, 9.17) is 16.3 Å². The van der Waals surface area contributed by atoms with Gasteiger partial charge < -0.3 is 10.1 Å². The maximum atomic E-state index is 5.98. The lowest BCUT2D eigenvalue weighted by atomic mass is 10.0. The number of nitrogens with one attached hydrogen (secondary N) is 1. The van der Waals surface area contributed by atoms with Crippen LogP contribution in [0.3, 0.4) is 0 Å². The van der Waals surface area contributed by atoms with Crippen LogP contribution in [-0.2, 0) is 4.74 Å². The van der Waals surface area contributed by atoms with Crippen molar-refractivity contribution in [1.82, 2.24) is 5.32 Å². The van der Waals surface area contributed by atoms with E-state index in [1.54, 1.807) is 0 Å². The van der Waals surface area contributed by atoms with Gasteiger partial charge in [-0.2, -0.15) is 0 Å². The molecule has 0 amide bonds. The molecular weight excluding hydrogens is 222 g/mol. The molecule has 0 radical (unpaired) electrons. The molecule has 1 atom stereocenters. The summed E-state index contributed by atoms with van der Waals surface area (Å²) in [4.78, 5) is 0. The van der Waals surface area contributed by atoms with Gasteiger partial charge in [-0.1, -0.05) is 23.7 Å². The summed E-state index contributed by atoms with van der Waals surface area (Å²) >= 11 is 5.98. The van der Waals surface area contributed by atoms with Gasteiger partial charge in [-0.25, -0.2) is 0 Å². The molecular formula is C13H18ClNO. The van der Waals surface area contributed by atoms with Crippen LogP contribution in [0.5, 0.6) is 0 Å². The summed E-state index contributed by atoms with van der Waals surface area (Å²) in [7, 11) is 0. The third-order valence-corrected chi connectivity index (χ3v) is 3.29. The van der Waals surface area contributed by atoms with Gasteiger partial charge in [-0.3, -0.25) is 0 Å². The number of rotatable bonds is 3. The Morgan fingerprint density at radius 2 is 2.12 bits per heavy atom. The van der Waals surface area contributed by atoms with Gasteiger partial charge >= 0.3 is 0 Å². The zero-order chi connectivity index (χ0) is 11.4.